The van der Waals surface area contributed by atoms with Gasteiger partial charge in [-0.1, -0.05) is 29.7 Å². The third-order valence-electron chi connectivity index (χ3n) is 1.77. The molecule has 0 nitrogen and oxygen atoms in total. The minimum Gasteiger partial charge on any atom is -0.255 e. The van der Waals surface area contributed by atoms with Crippen LogP contribution in [0, 0.1) is 0 Å². The van der Waals surface area contributed by atoms with Crippen LogP contribution in [0.1, 0.15) is 62.3 Å². The van der Waals surface area contributed by atoms with E-state index in [0.717, 1.165) is 0 Å². The van der Waals surface area contributed by atoms with Gasteiger partial charge in [-0.05, 0) is 0 Å². The van der Waals surface area contributed by atoms with Gasteiger partial charge in [0.15, 0.2) is 13.3 Å². The lowest BCUT2D eigenvalue weighted by atomic mass is 10.3. The van der Waals surface area contributed by atoms with Crippen molar-refractivity contribution < 1.29 is 87.8 Å². The topological polar surface area (TPSA) is 0 Å². The van der Waals surface area contributed by atoms with Gasteiger partial charge in [0, 0.05) is 6.92 Å². The average molecular weight is 630 g/mol. The summed E-state index contributed by atoms with van der Waals surface area (Å²) in [7, 11) is 0.500. The van der Waals surface area contributed by atoms with E-state index in [4.69, 9.17) is 0 Å². The zero-order valence-electron chi connectivity index (χ0n) is 16.8. The zero-order chi connectivity index (χ0) is 29.2. The molecule has 246 valence electrons. The summed E-state index contributed by atoms with van der Waals surface area (Å²) >= 11 is 0. The molecular formula is C18H34F20. The molecule has 0 aliphatic carbocycles. The second-order valence-electron chi connectivity index (χ2n) is 5.41. The van der Waals surface area contributed by atoms with Crippen LogP contribution in [0.2, 0.25) is 0 Å². The van der Waals surface area contributed by atoms with Gasteiger partial charge in [-0.15, -0.1) is 0 Å². The van der Waals surface area contributed by atoms with Crippen LogP contribution in [0.5, 0.6) is 0 Å². The van der Waals surface area contributed by atoms with E-state index in [1.165, 1.54) is 0 Å². The van der Waals surface area contributed by atoms with Crippen LogP contribution in [0.4, 0.5) is 87.8 Å². The smallest absolute Gasteiger partial charge is 0.255 e. The van der Waals surface area contributed by atoms with E-state index < -0.39 is 75.8 Å². The average Bonchev–Trinajstić information content (AvgIpc) is 2.58. The molecule has 0 radical (unpaired) electrons. The van der Waals surface area contributed by atoms with E-state index in [0.29, 0.717) is 14.1 Å². The van der Waals surface area contributed by atoms with Crippen LogP contribution >= 0.6 is 0 Å². The van der Waals surface area contributed by atoms with Gasteiger partial charge in [-0.3, -0.25) is 4.39 Å². The number of hydrogen-bond acceptors (Lipinski definition) is 0. The van der Waals surface area contributed by atoms with E-state index in [-0.39, 0.29) is 29.7 Å². The SMILES string of the molecule is C.C.C.C.CC(F)(F)CF.CF.FC(F)(F)CCC(F)(F)F.FC(F)(F)CCC(F)(F)F.FCC(F)(F)F. The molecule has 0 aromatic carbocycles. The Morgan fingerprint density at radius 1 is 0.342 bits per heavy atom. The highest BCUT2D eigenvalue weighted by atomic mass is 19.4. The summed E-state index contributed by atoms with van der Waals surface area (Å²) in [5.74, 6) is -3.12. The Morgan fingerprint density at radius 2 is 0.447 bits per heavy atom. The highest BCUT2D eigenvalue weighted by Crippen LogP contribution is 2.30. The van der Waals surface area contributed by atoms with Crippen LogP contribution in [0.25, 0.3) is 0 Å². The summed E-state index contributed by atoms with van der Waals surface area (Å²) in [5, 5.41) is 0. The van der Waals surface area contributed by atoms with Crippen LogP contribution in [-0.2, 0) is 0 Å². The minimum absolute atomic E-state index is 0. The fourth-order valence-corrected chi connectivity index (χ4v) is 0.567. The van der Waals surface area contributed by atoms with E-state index in [1.54, 1.807) is 0 Å². The third-order valence-corrected chi connectivity index (χ3v) is 1.77. The zero-order valence-corrected chi connectivity index (χ0v) is 16.8. The summed E-state index contributed by atoms with van der Waals surface area (Å²) < 4.78 is 217. The van der Waals surface area contributed by atoms with E-state index in [1.807, 2.05) is 0 Å². The molecule has 20 heteroatoms. The van der Waals surface area contributed by atoms with Gasteiger partial charge in [0.1, 0.15) is 0 Å². The number of halogens is 20. The molecule has 0 fully saturated rings. The van der Waals surface area contributed by atoms with Gasteiger partial charge in [-0.2, -0.15) is 65.9 Å². The molecule has 0 spiro atoms. The Hall–Kier alpha value is -1.40. The number of alkyl halides is 20. The largest absolute Gasteiger partial charge is 0.416 e. The molecule has 0 amide bonds. The lowest BCUT2D eigenvalue weighted by Crippen LogP contribution is -2.15. The monoisotopic (exact) mass is 630 g/mol. The maximum Gasteiger partial charge on any atom is 0.416 e. The molecule has 0 aliphatic heterocycles. The van der Waals surface area contributed by atoms with Crippen molar-refractivity contribution in [2.75, 3.05) is 20.5 Å². The molecule has 0 unspecified atom stereocenters. The number of rotatable bonds is 3. The first-order valence-corrected chi connectivity index (χ1v) is 7.75. The van der Waals surface area contributed by atoms with Crippen molar-refractivity contribution in [1.29, 1.82) is 0 Å². The predicted octanol–water partition coefficient (Wildman–Crippen LogP) is 12.0. The van der Waals surface area contributed by atoms with Gasteiger partial charge >= 0.3 is 30.9 Å². The molecule has 0 atom stereocenters. The fraction of sp³-hybridized carbons (Fsp3) is 1.00. The maximum atomic E-state index is 11.1. The first-order chi connectivity index (χ1) is 14.5. The molecule has 0 saturated heterocycles. The first-order valence-electron chi connectivity index (χ1n) is 7.75. The van der Waals surface area contributed by atoms with Gasteiger partial charge in [-0.25, -0.2) is 17.6 Å². The summed E-state index contributed by atoms with van der Waals surface area (Å²) in [5.41, 5.74) is 0. The minimum atomic E-state index is -4.71. The molecule has 0 rings (SSSR count). The molecule has 0 aliphatic rings. The quantitative estimate of drug-likeness (QED) is 0.272. The van der Waals surface area contributed by atoms with Crippen molar-refractivity contribution in [3.8, 4) is 0 Å². The van der Waals surface area contributed by atoms with E-state index in [9.17, 15) is 87.8 Å². The standard InChI is InChI=1S/2C4H4F6.C3H5F3.C2H2F4.CH3F.4CH4/c2*5-3(6,7)1-2-4(8,9)10;1-3(5,6)2-4;3-1-2(4,5)6;1-2;;;;/h2*1-2H2;2H2,1H3;1H2;1H3;4*1H4. The van der Waals surface area contributed by atoms with E-state index in [2.05, 4.69) is 0 Å². The number of hydrogen-bond donors (Lipinski definition) is 0. The molecular weight excluding hydrogens is 596 g/mol. The maximum absolute atomic E-state index is 11.1. The summed E-state index contributed by atoms with van der Waals surface area (Å²) in [4.78, 5) is 0. The molecule has 0 aromatic rings. The van der Waals surface area contributed by atoms with Gasteiger partial charge in [0.25, 0.3) is 5.92 Å². The molecule has 0 heterocycles. The second-order valence-corrected chi connectivity index (χ2v) is 5.41. The Labute approximate surface area is 208 Å². The Morgan fingerprint density at radius 3 is 0.474 bits per heavy atom. The molecule has 0 N–H and O–H groups in total. The Balaban J connectivity index is -0.0000000407. The van der Waals surface area contributed by atoms with Crippen LogP contribution < -0.4 is 0 Å². The second kappa shape index (κ2) is 25.9. The Kier molecular flexibility index (Phi) is 41.4. The molecule has 0 aromatic heterocycles. The summed E-state index contributed by atoms with van der Waals surface area (Å²) in [6.45, 7) is -3.26. The lowest BCUT2D eigenvalue weighted by molar-refractivity contribution is -0.183. The normalized spacial score (nSPS) is 11.2. The van der Waals surface area contributed by atoms with Gasteiger partial charge in [0.2, 0.25) is 0 Å². The first kappa shape index (κ1) is 60.9. The van der Waals surface area contributed by atoms with Gasteiger partial charge in [0.05, 0.1) is 32.9 Å². The van der Waals surface area contributed by atoms with Crippen molar-refractivity contribution in [1.82, 2.24) is 0 Å². The fourth-order valence-electron chi connectivity index (χ4n) is 0.567. The van der Waals surface area contributed by atoms with Crippen molar-refractivity contribution in [3.05, 3.63) is 0 Å². The highest BCUT2D eigenvalue weighted by Gasteiger charge is 2.36. The van der Waals surface area contributed by atoms with Crippen molar-refractivity contribution >= 4 is 0 Å². The summed E-state index contributed by atoms with van der Waals surface area (Å²) in [6, 6.07) is 0. The third kappa shape index (κ3) is 113. The summed E-state index contributed by atoms with van der Waals surface area (Å²) in [6.07, 6.45) is -30.7. The lowest BCUT2D eigenvalue weighted by Gasteiger charge is -2.07. The van der Waals surface area contributed by atoms with Crippen molar-refractivity contribution in [2.45, 2.75) is 99.1 Å². The molecule has 38 heavy (non-hydrogen) atoms. The molecule has 0 bridgehead atoms. The van der Waals surface area contributed by atoms with Crippen LogP contribution in [-0.4, -0.2) is 57.3 Å². The van der Waals surface area contributed by atoms with Crippen LogP contribution in [0.3, 0.4) is 0 Å². The van der Waals surface area contributed by atoms with Crippen molar-refractivity contribution in [3.63, 3.8) is 0 Å². The highest BCUT2D eigenvalue weighted by molar-refractivity contribution is 4.57. The Bertz CT molecular complexity index is 364. The van der Waals surface area contributed by atoms with Gasteiger partial charge < -0.3 is 0 Å². The van der Waals surface area contributed by atoms with Crippen molar-refractivity contribution in [2.24, 2.45) is 0 Å². The van der Waals surface area contributed by atoms with E-state index >= 15 is 0 Å². The van der Waals surface area contributed by atoms with Crippen LogP contribution in [0.15, 0.2) is 0 Å². The predicted molar refractivity (Wildman–Crippen MR) is 105 cm³/mol. The molecule has 0 saturated carbocycles.